The van der Waals surface area contributed by atoms with Crippen LogP contribution in [0.1, 0.15) is 11.6 Å². The quantitative estimate of drug-likeness (QED) is 0.229. The number of nitrogens with two attached hydrogens (primary N) is 2. The van der Waals surface area contributed by atoms with Gasteiger partial charge < -0.3 is 26.3 Å². The van der Waals surface area contributed by atoms with E-state index in [0.29, 0.717) is 34.8 Å². The Morgan fingerprint density at radius 2 is 1.93 bits per heavy atom. The fourth-order valence-corrected chi connectivity index (χ4v) is 5.44. The topological polar surface area (TPSA) is 155 Å². The zero-order valence-corrected chi connectivity index (χ0v) is 23.2. The number of likely N-dealkylation sites (N-methyl/N-ethyl adjacent to an activating group) is 1. The molecule has 11 nitrogen and oxygen atoms in total. The molecular weight excluding hydrogens is 533 g/mol. The number of pyridine rings is 1. The highest BCUT2D eigenvalue weighted by Gasteiger charge is 2.25. The Hall–Kier alpha value is -4.78. The van der Waals surface area contributed by atoms with Crippen molar-refractivity contribution in [3.63, 3.8) is 0 Å². The van der Waals surface area contributed by atoms with Crippen LogP contribution in [-0.4, -0.2) is 79.8 Å². The van der Waals surface area contributed by atoms with E-state index in [-0.39, 0.29) is 17.9 Å². The minimum atomic E-state index is -0.354. The number of H-pyrrole nitrogens is 2. The van der Waals surface area contributed by atoms with E-state index < -0.39 is 0 Å². The molecule has 1 unspecified atom stereocenters. The molecule has 6 aromatic rings. The second kappa shape index (κ2) is 10.2. The van der Waals surface area contributed by atoms with Gasteiger partial charge in [-0.1, -0.05) is 6.07 Å². The van der Waals surface area contributed by atoms with Crippen LogP contribution in [0.3, 0.4) is 0 Å². The molecule has 212 valence electrons. The number of nitrogens with one attached hydrogen (secondary N) is 2. The van der Waals surface area contributed by atoms with Gasteiger partial charge in [0.05, 0.1) is 23.6 Å². The van der Waals surface area contributed by atoms with Crippen molar-refractivity contribution in [3.05, 3.63) is 72.4 Å². The number of hydrogen-bond acceptors (Lipinski definition) is 9. The summed E-state index contributed by atoms with van der Waals surface area (Å²) >= 11 is 0. The third kappa shape index (κ3) is 4.75. The van der Waals surface area contributed by atoms with Crippen molar-refractivity contribution in [1.82, 2.24) is 40.0 Å². The average molecular weight is 564 g/mol. The summed E-state index contributed by atoms with van der Waals surface area (Å²) in [6, 6.07) is 12.5. The molecule has 5 heterocycles. The fourth-order valence-electron chi connectivity index (χ4n) is 5.44. The van der Waals surface area contributed by atoms with Gasteiger partial charge in [0.25, 0.3) is 0 Å². The summed E-state index contributed by atoms with van der Waals surface area (Å²) in [5.74, 6) is 0.997. The van der Waals surface area contributed by atoms with Gasteiger partial charge in [0.2, 0.25) is 0 Å². The lowest BCUT2D eigenvalue weighted by molar-refractivity contribution is 0.376. The van der Waals surface area contributed by atoms with E-state index in [1.54, 1.807) is 18.6 Å². The van der Waals surface area contributed by atoms with Crippen LogP contribution in [0.5, 0.6) is 0 Å². The molecular formula is C30H30FN11. The Bertz CT molecular complexity index is 1920. The van der Waals surface area contributed by atoms with Crippen molar-refractivity contribution in [3.8, 4) is 33.9 Å². The Morgan fingerprint density at radius 3 is 2.74 bits per heavy atom. The molecule has 0 bridgehead atoms. The number of aromatic nitrogens is 7. The third-order valence-corrected chi connectivity index (χ3v) is 7.54. The number of aromatic amines is 2. The van der Waals surface area contributed by atoms with Gasteiger partial charge in [-0.3, -0.25) is 10.1 Å². The molecule has 42 heavy (non-hydrogen) atoms. The number of anilines is 1. The maximum absolute atomic E-state index is 14.8. The molecule has 1 aliphatic rings. The molecule has 0 saturated carbocycles. The van der Waals surface area contributed by atoms with Gasteiger partial charge in [-0.05, 0) is 61.6 Å². The number of rotatable bonds is 7. The van der Waals surface area contributed by atoms with Gasteiger partial charge in [-0.2, -0.15) is 5.10 Å². The molecule has 2 aromatic carbocycles. The van der Waals surface area contributed by atoms with E-state index in [9.17, 15) is 4.39 Å². The lowest BCUT2D eigenvalue weighted by atomic mass is 9.99. The SMILES string of the molecule is CN(C)CC(N)c1cc(F)cc(-c2ccnc3[nH]c(-c4n[nH]c5ccc(-c6cncc(N7CC(N)C7)n6)cc45)nc23)c1. The Kier molecular flexibility index (Phi) is 6.38. The van der Waals surface area contributed by atoms with Crippen molar-refractivity contribution < 1.29 is 4.39 Å². The first kappa shape index (κ1) is 26.1. The molecule has 6 N–H and O–H groups in total. The number of benzene rings is 2. The molecule has 1 fully saturated rings. The highest BCUT2D eigenvalue weighted by molar-refractivity contribution is 5.97. The minimum Gasteiger partial charge on any atom is -0.352 e. The fraction of sp³-hybridized carbons (Fsp3) is 0.233. The molecule has 0 amide bonds. The highest BCUT2D eigenvalue weighted by Crippen LogP contribution is 2.33. The summed E-state index contributed by atoms with van der Waals surface area (Å²) in [7, 11) is 3.88. The Labute approximate surface area is 240 Å². The van der Waals surface area contributed by atoms with Crippen molar-refractivity contribution in [1.29, 1.82) is 0 Å². The maximum Gasteiger partial charge on any atom is 0.160 e. The van der Waals surface area contributed by atoms with Gasteiger partial charge >= 0.3 is 0 Å². The number of halogens is 1. The van der Waals surface area contributed by atoms with Crippen LogP contribution in [0.15, 0.2) is 61.1 Å². The summed E-state index contributed by atoms with van der Waals surface area (Å²) in [6.45, 7) is 2.13. The lowest BCUT2D eigenvalue weighted by Gasteiger charge is -2.37. The normalized spacial score (nSPS) is 14.7. The molecule has 1 aliphatic heterocycles. The van der Waals surface area contributed by atoms with Gasteiger partial charge in [-0.25, -0.2) is 19.3 Å². The zero-order valence-electron chi connectivity index (χ0n) is 23.2. The van der Waals surface area contributed by atoms with Crippen LogP contribution in [0, 0.1) is 5.82 Å². The third-order valence-electron chi connectivity index (χ3n) is 7.54. The Balaban J connectivity index is 1.27. The largest absolute Gasteiger partial charge is 0.352 e. The summed E-state index contributed by atoms with van der Waals surface area (Å²) in [6.07, 6.45) is 5.19. The van der Waals surface area contributed by atoms with Crippen LogP contribution in [0.2, 0.25) is 0 Å². The highest BCUT2D eigenvalue weighted by atomic mass is 19.1. The standard InChI is InChI=1S/C30H30FN11/c1-41(2)15-23(33)18-7-17(8-19(31)9-18)21-5-6-35-29-27(21)37-30(38-29)28-22-10-16(3-4-24(22)39-40-28)25-11-34-12-26(36-25)42-13-20(32)14-42/h3-12,20,23H,13-15,32-33H2,1-2H3,(H,39,40)(H,35,37,38). The second-order valence-electron chi connectivity index (χ2n) is 11.0. The van der Waals surface area contributed by atoms with E-state index in [4.69, 9.17) is 21.4 Å². The first-order chi connectivity index (χ1) is 20.3. The lowest BCUT2D eigenvalue weighted by Crippen LogP contribution is -2.56. The van der Waals surface area contributed by atoms with E-state index >= 15 is 0 Å². The van der Waals surface area contributed by atoms with Crippen molar-refractivity contribution in [2.45, 2.75) is 12.1 Å². The summed E-state index contributed by atoms with van der Waals surface area (Å²) < 4.78 is 14.8. The first-order valence-corrected chi connectivity index (χ1v) is 13.7. The second-order valence-corrected chi connectivity index (χ2v) is 11.0. The Morgan fingerprint density at radius 1 is 1.07 bits per heavy atom. The summed E-state index contributed by atoms with van der Waals surface area (Å²) in [5.41, 5.74) is 18.8. The summed E-state index contributed by atoms with van der Waals surface area (Å²) in [5, 5.41) is 8.53. The number of fused-ring (bicyclic) bond motifs is 2. The van der Waals surface area contributed by atoms with Crippen LogP contribution < -0.4 is 16.4 Å². The van der Waals surface area contributed by atoms with E-state index in [1.807, 2.05) is 49.3 Å². The molecule has 7 rings (SSSR count). The number of hydrogen-bond donors (Lipinski definition) is 4. The molecule has 1 atom stereocenters. The predicted molar refractivity (Wildman–Crippen MR) is 161 cm³/mol. The molecule has 12 heteroatoms. The predicted octanol–water partition coefficient (Wildman–Crippen LogP) is 3.47. The molecule has 1 saturated heterocycles. The monoisotopic (exact) mass is 563 g/mol. The van der Waals surface area contributed by atoms with E-state index in [1.165, 1.54) is 12.1 Å². The average Bonchev–Trinajstić information content (AvgIpc) is 3.58. The molecule has 4 aromatic heterocycles. The van der Waals surface area contributed by atoms with Gasteiger partial charge in [0.1, 0.15) is 22.8 Å². The van der Waals surface area contributed by atoms with Crippen LogP contribution in [-0.2, 0) is 0 Å². The number of nitrogens with zero attached hydrogens (tertiary/aromatic N) is 7. The molecule has 0 aliphatic carbocycles. The zero-order chi connectivity index (χ0) is 29.0. The summed E-state index contributed by atoms with van der Waals surface area (Å²) in [4.78, 5) is 26.0. The van der Waals surface area contributed by atoms with Crippen LogP contribution >= 0.6 is 0 Å². The van der Waals surface area contributed by atoms with E-state index in [0.717, 1.165) is 52.2 Å². The molecule has 0 radical (unpaired) electrons. The van der Waals surface area contributed by atoms with Crippen molar-refractivity contribution in [2.75, 3.05) is 38.6 Å². The van der Waals surface area contributed by atoms with E-state index in [2.05, 4.69) is 30.0 Å². The van der Waals surface area contributed by atoms with Crippen LogP contribution in [0.4, 0.5) is 10.2 Å². The van der Waals surface area contributed by atoms with Crippen molar-refractivity contribution >= 4 is 27.9 Å². The van der Waals surface area contributed by atoms with Crippen molar-refractivity contribution in [2.24, 2.45) is 11.5 Å². The molecule has 0 spiro atoms. The van der Waals surface area contributed by atoms with Gasteiger partial charge in [0, 0.05) is 54.4 Å². The smallest absolute Gasteiger partial charge is 0.160 e. The van der Waals surface area contributed by atoms with Gasteiger partial charge in [-0.15, -0.1) is 0 Å². The van der Waals surface area contributed by atoms with Gasteiger partial charge in [0.15, 0.2) is 11.5 Å². The number of imidazole rings is 1. The minimum absolute atomic E-state index is 0.169. The maximum atomic E-state index is 14.8. The first-order valence-electron chi connectivity index (χ1n) is 13.7. The van der Waals surface area contributed by atoms with Crippen LogP contribution in [0.25, 0.3) is 56.0 Å².